The van der Waals surface area contributed by atoms with Gasteiger partial charge in [0.2, 0.25) is 0 Å². The summed E-state index contributed by atoms with van der Waals surface area (Å²) in [5, 5.41) is 9.40. The molecule has 0 aliphatic rings. The van der Waals surface area contributed by atoms with Crippen molar-refractivity contribution in [2.24, 2.45) is 0 Å². The number of rotatable bonds is 5. The van der Waals surface area contributed by atoms with Crippen molar-refractivity contribution in [1.82, 2.24) is 4.98 Å². The highest BCUT2D eigenvalue weighted by Gasteiger charge is 2.11. The Labute approximate surface area is 115 Å². The van der Waals surface area contributed by atoms with Crippen molar-refractivity contribution >= 4 is 15.9 Å². The molecule has 0 bridgehead atoms. The Bertz CT molecular complexity index is 490. The summed E-state index contributed by atoms with van der Waals surface area (Å²) in [6.07, 6.45) is 3.44. The van der Waals surface area contributed by atoms with Crippen LogP contribution in [0.5, 0.6) is 5.75 Å². The van der Waals surface area contributed by atoms with Crippen LogP contribution in [0.25, 0.3) is 0 Å². The van der Waals surface area contributed by atoms with Crippen LogP contribution in [0.1, 0.15) is 11.5 Å². The summed E-state index contributed by atoms with van der Waals surface area (Å²) in [7, 11) is 0. The van der Waals surface area contributed by atoms with Crippen LogP contribution in [0, 0.1) is 0 Å². The molecule has 2 aromatic rings. The van der Waals surface area contributed by atoms with Crippen molar-refractivity contribution in [3.8, 4) is 5.75 Å². The van der Waals surface area contributed by atoms with E-state index in [1.54, 1.807) is 12.4 Å². The second-order valence-electron chi connectivity index (χ2n) is 3.93. The Balaban J connectivity index is 2.00. The summed E-state index contributed by atoms with van der Waals surface area (Å²) in [6.45, 7) is 0.495. The van der Waals surface area contributed by atoms with E-state index in [1.807, 2.05) is 36.4 Å². The van der Waals surface area contributed by atoms with E-state index in [0.29, 0.717) is 6.61 Å². The van der Waals surface area contributed by atoms with E-state index in [9.17, 15) is 5.11 Å². The molecule has 1 unspecified atom stereocenters. The summed E-state index contributed by atoms with van der Waals surface area (Å²) < 4.78 is 6.66. The van der Waals surface area contributed by atoms with Gasteiger partial charge in [-0.25, -0.2) is 0 Å². The fourth-order valence-electron chi connectivity index (χ4n) is 1.64. The van der Waals surface area contributed by atoms with E-state index < -0.39 is 0 Å². The minimum atomic E-state index is -0.0352. The Kier molecular flexibility index (Phi) is 4.73. The molecule has 0 fully saturated rings. The summed E-state index contributed by atoms with van der Waals surface area (Å²) in [6, 6.07) is 11.4. The lowest BCUT2D eigenvalue weighted by Gasteiger charge is -2.15. The number of benzene rings is 1. The van der Waals surface area contributed by atoms with Gasteiger partial charge >= 0.3 is 0 Å². The Morgan fingerprint density at radius 1 is 1.22 bits per heavy atom. The van der Waals surface area contributed by atoms with Gasteiger partial charge in [0.05, 0.1) is 13.2 Å². The number of hydrogen-bond acceptors (Lipinski definition) is 3. The number of aliphatic hydroxyl groups excluding tert-OH is 1. The second-order valence-corrected chi connectivity index (χ2v) is 4.84. The minimum Gasteiger partial charge on any atom is -0.493 e. The van der Waals surface area contributed by atoms with Crippen LogP contribution in [0.3, 0.4) is 0 Å². The van der Waals surface area contributed by atoms with E-state index in [-0.39, 0.29) is 12.5 Å². The van der Waals surface area contributed by atoms with Crippen LogP contribution in [-0.4, -0.2) is 23.3 Å². The fourth-order valence-corrected chi connectivity index (χ4v) is 2.02. The van der Waals surface area contributed by atoms with Crippen molar-refractivity contribution in [2.75, 3.05) is 13.2 Å². The molecule has 1 heterocycles. The number of hydrogen-bond donors (Lipinski definition) is 1. The highest BCUT2D eigenvalue weighted by molar-refractivity contribution is 9.10. The van der Waals surface area contributed by atoms with E-state index in [4.69, 9.17) is 4.74 Å². The molecular formula is C14H14BrNO2. The van der Waals surface area contributed by atoms with E-state index >= 15 is 0 Å². The molecule has 18 heavy (non-hydrogen) atoms. The van der Waals surface area contributed by atoms with E-state index in [2.05, 4.69) is 20.9 Å². The maximum absolute atomic E-state index is 9.40. The predicted molar refractivity (Wildman–Crippen MR) is 73.7 cm³/mol. The molecule has 94 valence electrons. The number of nitrogens with zero attached hydrogens (tertiary/aromatic N) is 1. The van der Waals surface area contributed by atoms with Crippen molar-refractivity contribution in [3.05, 3.63) is 58.8 Å². The Hall–Kier alpha value is -1.39. The zero-order valence-electron chi connectivity index (χ0n) is 9.79. The second kappa shape index (κ2) is 6.52. The van der Waals surface area contributed by atoms with Crippen molar-refractivity contribution in [2.45, 2.75) is 5.92 Å². The van der Waals surface area contributed by atoms with Gasteiger partial charge in [0.25, 0.3) is 0 Å². The molecule has 1 aromatic heterocycles. The third kappa shape index (κ3) is 3.55. The van der Waals surface area contributed by atoms with Gasteiger partial charge in [-0.1, -0.05) is 22.0 Å². The van der Waals surface area contributed by atoms with Crippen LogP contribution >= 0.6 is 15.9 Å². The number of aromatic nitrogens is 1. The van der Waals surface area contributed by atoms with Crippen LogP contribution < -0.4 is 4.74 Å². The SMILES string of the molecule is OCC(COc1cccc(Br)c1)c1ccncc1. The largest absolute Gasteiger partial charge is 0.493 e. The molecule has 0 radical (unpaired) electrons. The summed E-state index contributed by atoms with van der Waals surface area (Å²) in [5.41, 5.74) is 1.03. The monoisotopic (exact) mass is 307 g/mol. The van der Waals surface area contributed by atoms with Crippen LogP contribution in [0.2, 0.25) is 0 Å². The molecule has 4 heteroatoms. The zero-order valence-corrected chi connectivity index (χ0v) is 11.4. The molecule has 2 rings (SSSR count). The Morgan fingerprint density at radius 2 is 2.00 bits per heavy atom. The third-order valence-corrected chi connectivity index (χ3v) is 3.14. The molecule has 0 spiro atoms. The first-order valence-electron chi connectivity index (χ1n) is 5.68. The van der Waals surface area contributed by atoms with E-state index in [0.717, 1.165) is 15.8 Å². The van der Waals surface area contributed by atoms with Gasteiger partial charge in [-0.3, -0.25) is 4.98 Å². The molecular weight excluding hydrogens is 294 g/mol. The first kappa shape index (κ1) is 13.1. The molecule has 0 saturated heterocycles. The van der Waals surface area contributed by atoms with Gasteiger partial charge in [-0.2, -0.15) is 0 Å². The normalized spacial score (nSPS) is 12.1. The highest BCUT2D eigenvalue weighted by atomic mass is 79.9. The maximum atomic E-state index is 9.40. The zero-order chi connectivity index (χ0) is 12.8. The molecule has 1 aromatic carbocycles. The first-order chi connectivity index (χ1) is 8.79. The van der Waals surface area contributed by atoms with Crippen molar-refractivity contribution < 1.29 is 9.84 Å². The molecule has 0 saturated carbocycles. The highest BCUT2D eigenvalue weighted by Crippen LogP contribution is 2.20. The van der Waals surface area contributed by atoms with Gasteiger partial charge < -0.3 is 9.84 Å². The standard InChI is InChI=1S/C14H14BrNO2/c15-13-2-1-3-14(8-13)18-10-12(9-17)11-4-6-16-7-5-11/h1-8,12,17H,9-10H2. The molecule has 1 atom stereocenters. The smallest absolute Gasteiger partial charge is 0.120 e. The average molecular weight is 308 g/mol. The van der Waals surface area contributed by atoms with Crippen LogP contribution in [0.4, 0.5) is 0 Å². The molecule has 0 aliphatic heterocycles. The van der Waals surface area contributed by atoms with Gasteiger partial charge in [0, 0.05) is 22.8 Å². The number of halogens is 1. The van der Waals surface area contributed by atoms with Gasteiger partial charge in [-0.15, -0.1) is 0 Å². The quantitative estimate of drug-likeness (QED) is 0.923. The molecule has 0 aliphatic carbocycles. The molecule has 0 amide bonds. The van der Waals surface area contributed by atoms with Crippen LogP contribution in [0.15, 0.2) is 53.3 Å². The fraction of sp³-hybridized carbons (Fsp3) is 0.214. The predicted octanol–water partition coefficient (Wildman–Crippen LogP) is 3.00. The van der Waals surface area contributed by atoms with E-state index in [1.165, 1.54) is 0 Å². The lowest BCUT2D eigenvalue weighted by molar-refractivity contribution is 0.205. The summed E-state index contributed by atoms with van der Waals surface area (Å²) in [5.74, 6) is 0.754. The minimum absolute atomic E-state index is 0.0352. The molecule has 1 N–H and O–H groups in total. The lowest BCUT2D eigenvalue weighted by Crippen LogP contribution is -2.14. The topological polar surface area (TPSA) is 42.4 Å². The van der Waals surface area contributed by atoms with Crippen molar-refractivity contribution in [3.63, 3.8) is 0 Å². The van der Waals surface area contributed by atoms with Crippen molar-refractivity contribution in [1.29, 1.82) is 0 Å². The number of pyridine rings is 1. The van der Waals surface area contributed by atoms with Gasteiger partial charge in [-0.05, 0) is 35.9 Å². The number of ether oxygens (including phenoxy) is 1. The lowest BCUT2D eigenvalue weighted by atomic mass is 10.0. The first-order valence-corrected chi connectivity index (χ1v) is 6.48. The number of aliphatic hydroxyl groups is 1. The maximum Gasteiger partial charge on any atom is 0.120 e. The van der Waals surface area contributed by atoms with Gasteiger partial charge in [0.1, 0.15) is 5.75 Å². The molecule has 3 nitrogen and oxygen atoms in total. The summed E-state index contributed by atoms with van der Waals surface area (Å²) in [4.78, 5) is 3.96. The van der Waals surface area contributed by atoms with Gasteiger partial charge in [0.15, 0.2) is 0 Å². The third-order valence-electron chi connectivity index (χ3n) is 2.65. The summed E-state index contributed by atoms with van der Waals surface area (Å²) >= 11 is 3.39. The Morgan fingerprint density at radius 3 is 2.67 bits per heavy atom. The average Bonchev–Trinajstić information content (AvgIpc) is 2.41. The van der Waals surface area contributed by atoms with Crippen LogP contribution in [-0.2, 0) is 0 Å².